The maximum Gasteiger partial charge on any atom is 0.264 e. The quantitative estimate of drug-likeness (QED) is 0.159. The number of hydrogen-bond acceptors (Lipinski definition) is 4. The lowest BCUT2D eigenvalue weighted by molar-refractivity contribution is 0.332. The highest BCUT2D eigenvalue weighted by molar-refractivity contribution is 7.33. The molecule has 418 valence electrons. The van der Waals surface area contributed by atoms with Crippen LogP contribution in [0.4, 0.5) is 51.2 Å². The molecule has 0 spiro atoms. The lowest BCUT2D eigenvalue weighted by Crippen LogP contribution is -2.61. The summed E-state index contributed by atoms with van der Waals surface area (Å²) in [6, 6.07) is 54.1. The Balaban J connectivity index is 1.25. The highest BCUT2D eigenvalue weighted by Crippen LogP contribution is 2.55. The lowest BCUT2D eigenvalue weighted by Gasteiger charge is -2.48. The molecule has 8 aromatic rings. The second-order valence-corrected chi connectivity index (χ2v) is 32.8. The molecule has 0 fully saturated rings. The number of anilines is 9. The first-order valence-corrected chi connectivity index (χ1v) is 31.3. The Labute approximate surface area is 492 Å². The van der Waals surface area contributed by atoms with E-state index in [2.05, 4.69) is 287 Å². The van der Waals surface area contributed by atoms with Gasteiger partial charge in [-0.2, -0.15) is 0 Å². The molecule has 4 aliphatic rings. The summed E-state index contributed by atoms with van der Waals surface area (Å²) in [5.74, 6) is 0. The first-order valence-electron chi connectivity index (χ1n) is 30.5. The lowest BCUT2D eigenvalue weighted by atomic mass is 9.35. The summed E-state index contributed by atoms with van der Waals surface area (Å²) in [4.78, 5) is 7.99. The van der Waals surface area contributed by atoms with Crippen LogP contribution in [-0.4, -0.2) is 6.71 Å². The molecule has 3 heterocycles. The molecule has 1 aromatic heterocycles. The van der Waals surface area contributed by atoms with Crippen LogP contribution in [0.15, 0.2) is 133 Å². The number of hydrogen-bond donors (Lipinski definition) is 0. The molecule has 0 amide bonds. The van der Waals surface area contributed by atoms with Crippen LogP contribution < -0.4 is 30.4 Å². The number of benzene rings is 7. The van der Waals surface area contributed by atoms with Crippen molar-refractivity contribution >= 4 is 95.0 Å². The Bertz CT molecular complexity index is 3740. The van der Waals surface area contributed by atoms with Crippen molar-refractivity contribution in [3.8, 4) is 0 Å². The van der Waals surface area contributed by atoms with Gasteiger partial charge in [-0.25, -0.2) is 0 Å². The van der Waals surface area contributed by atoms with E-state index in [1.807, 2.05) is 11.3 Å². The summed E-state index contributed by atoms with van der Waals surface area (Å²) in [6.45, 7) is 47.9. The van der Waals surface area contributed by atoms with E-state index in [-0.39, 0.29) is 50.0 Å². The van der Waals surface area contributed by atoms with Gasteiger partial charge in [-0.15, -0.1) is 11.3 Å². The largest absolute Gasteiger partial charge is 0.311 e. The molecule has 0 radical (unpaired) electrons. The Morgan fingerprint density at radius 1 is 0.395 bits per heavy atom. The maximum atomic E-state index is 2.74. The van der Waals surface area contributed by atoms with Gasteiger partial charge in [0.2, 0.25) is 0 Å². The molecule has 12 rings (SSSR count). The molecule has 5 heteroatoms. The molecule has 0 saturated carbocycles. The van der Waals surface area contributed by atoms with E-state index in [0.717, 1.165) is 36.3 Å². The van der Waals surface area contributed by atoms with E-state index < -0.39 is 0 Å². The summed E-state index contributed by atoms with van der Waals surface area (Å²) in [7, 11) is 0. The zero-order valence-corrected chi connectivity index (χ0v) is 53.7. The monoisotopic (exact) mass is 1090 g/mol. The molecule has 2 aliphatic heterocycles. The standard InChI is InChI=1S/C76H90BN3S/c1-69(2,3)47-21-28-51(29-22-47)78(52-30-23-48(24-31-52)70(4,5)6)55-43-63-66-64(44-55)80(53-32-25-49(26-33-53)71(7,8)9)67-56-41-50(72(10,11)12)27-36-65(56)81-68(67)77(66)61-45-59-60(76(19,20)40-39-75(59,17)18)46-62(61)79(63)54-34-35-57-58(42-54)74(15,16)38-37-73(57,13)14/h21-36,41-46H,37-40H2,1-20H3. The van der Waals surface area contributed by atoms with E-state index in [0.29, 0.717) is 0 Å². The number of thiophene rings is 1. The molecule has 0 unspecified atom stereocenters. The molecule has 0 N–H and O–H groups in total. The van der Waals surface area contributed by atoms with Crippen LogP contribution in [0.25, 0.3) is 10.1 Å². The Morgan fingerprint density at radius 2 is 0.815 bits per heavy atom. The minimum absolute atomic E-state index is 0.00236. The summed E-state index contributed by atoms with van der Waals surface area (Å²) in [6.07, 6.45) is 4.64. The van der Waals surface area contributed by atoms with Crippen LogP contribution in [0.5, 0.6) is 0 Å². The van der Waals surface area contributed by atoms with E-state index >= 15 is 0 Å². The van der Waals surface area contributed by atoms with Crippen molar-refractivity contribution in [2.24, 2.45) is 0 Å². The molecule has 7 aromatic carbocycles. The van der Waals surface area contributed by atoms with Gasteiger partial charge in [0.15, 0.2) is 0 Å². The first-order chi connectivity index (χ1) is 37.6. The van der Waals surface area contributed by atoms with Crippen LogP contribution in [0.3, 0.4) is 0 Å². The summed E-state index contributed by atoms with van der Waals surface area (Å²) < 4.78 is 2.76. The molecule has 2 aliphatic carbocycles. The Morgan fingerprint density at radius 3 is 1.31 bits per heavy atom. The van der Waals surface area contributed by atoms with Crippen LogP contribution >= 0.6 is 11.3 Å². The third-order valence-electron chi connectivity index (χ3n) is 19.8. The van der Waals surface area contributed by atoms with E-state index in [1.54, 1.807) is 0 Å². The average Bonchev–Trinajstić information content (AvgIpc) is 1.93. The topological polar surface area (TPSA) is 9.72 Å². The third-order valence-corrected chi connectivity index (χ3v) is 21.0. The summed E-state index contributed by atoms with van der Waals surface area (Å²) >= 11 is 2.02. The van der Waals surface area contributed by atoms with E-state index in [1.165, 1.54) is 111 Å². The first kappa shape index (κ1) is 55.5. The third kappa shape index (κ3) is 9.21. The fraction of sp³-hybridized carbons (Fsp3) is 0.421. The minimum Gasteiger partial charge on any atom is -0.311 e. The number of fused-ring (bicyclic) bond motifs is 8. The van der Waals surface area contributed by atoms with Crippen molar-refractivity contribution in [2.45, 2.75) is 207 Å². The van der Waals surface area contributed by atoms with Gasteiger partial charge < -0.3 is 14.7 Å². The number of rotatable bonds is 5. The van der Waals surface area contributed by atoms with Crippen LogP contribution in [0.1, 0.15) is 209 Å². The van der Waals surface area contributed by atoms with Gasteiger partial charge >= 0.3 is 0 Å². The molecule has 0 bridgehead atoms. The molecule has 3 nitrogen and oxygen atoms in total. The van der Waals surface area contributed by atoms with Crippen molar-refractivity contribution < 1.29 is 0 Å². The number of nitrogens with zero attached hydrogens (tertiary/aromatic N) is 3. The van der Waals surface area contributed by atoms with Crippen LogP contribution in [-0.2, 0) is 43.3 Å². The normalized spacial score (nSPS) is 17.8. The molecular weight excluding hydrogens is 998 g/mol. The summed E-state index contributed by atoms with van der Waals surface area (Å²) in [5, 5.41) is 1.33. The van der Waals surface area contributed by atoms with Gasteiger partial charge in [-0.05, 0) is 203 Å². The second-order valence-electron chi connectivity index (χ2n) is 31.7. The zero-order chi connectivity index (χ0) is 58.1. The predicted molar refractivity (Wildman–Crippen MR) is 356 cm³/mol. The van der Waals surface area contributed by atoms with Crippen molar-refractivity contribution in [3.05, 3.63) is 178 Å². The van der Waals surface area contributed by atoms with Crippen molar-refractivity contribution in [1.82, 2.24) is 0 Å². The van der Waals surface area contributed by atoms with Crippen molar-refractivity contribution in [1.29, 1.82) is 0 Å². The molecule has 0 atom stereocenters. The van der Waals surface area contributed by atoms with Crippen LogP contribution in [0.2, 0.25) is 0 Å². The second kappa shape index (κ2) is 18.2. The fourth-order valence-corrected chi connectivity index (χ4v) is 15.5. The zero-order valence-electron chi connectivity index (χ0n) is 52.9. The molecule has 81 heavy (non-hydrogen) atoms. The highest BCUT2D eigenvalue weighted by Gasteiger charge is 2.49. The van der Waals surface area contributed by atoms with Gasteiger partial charge in [0.25, 0.3) is 6.71 Å². The minimum atomic E-state index is -0.0330. The maximum absolute atomic E-state index is 2.74. The average molecular weight is 1090 g/mol. The van der Waals surface area contributed by atoms with Gasteiger partial charge in [-0.1, -0.05) is 193 Å². The Hall–Kier alpha value is -6.04. The van der Waals surface area contributed by atoms with Crippen molar-refractivity contribution in [2.75, 3.05) is 14.7 Å². The molecular formula is C76H90BN3S. The van der Waals surface area contributed by atoms with Crippen molar-refractivity contribution in [3.63, 3.8) is 0 Å². The highest BCUT2D eigenvalue weighted by atomic mass is 32.1. The van der Waals surface area contributed by atoms with Crippen LogP contribution in [0, 0.1) is 0 Å². The predicted octanol–water partition coefficient (Wildman–Crippen LogP) is 20.3. The Kier molecular flexibility index (Phi) is 12.5. The SMILES string of the molecule is CC(C)(C)c1ccc(N(c2ccc(C(C)(C)C)cc2)c2cc3c4c(c2)N(c2ccc(C(C)(C)C)cc2)c2c(sc5ccc(C(C)(C)C)cc25)B4c2cc4c(cc2N3c2ccc3c(c2)C(C)(C)CCC3(C)C)C(C)(C)CCC4(C)C)cc1. The molecule has 0 saturated heterocycles. The summed E-state index contributed by atoms with van der Waals surface area (Å²) in [5.41, 5.74) is 25.1. The smallest absolute Gasteiger partial charge is 0.264 e. The van der Waals surface area contributed by atoms with Gasteiger partial charge in [0, 0.05) is 54.7 Å². The van der Waals surface area contributed by atoms with E-state index in [9.17, 15) is 0 Å². The van der Waals surface area contributed by atoms with Gasteiger partial charge in [-0.3, -0.25) is 0 Å². The van der Waals surface area contributed by atoms with E-state index in [4.69, 9.17) is 0 Å². The van der Waals surface area contributed by atoms with Gasteiger partial charge in [0.1, 0.15) is 0 Å². The van der Waals surface area contributed by atoms with Gasteiger partial charge in [0.05, 0.1) is 11.4 Å². The fourth-order valence-electron chi connectivity index (χ4n) is 14.2.